The van der Waals surface area contributed by atoms with Crippen molar-refractivity contribution in [1.82, 2.24) is 20.4 Å². The monoisotopic (exact) mass is 236 g/mol. The predicted octanol–water partition coefficient (Wildman–Crippen LogP) is 0.900. The van der Waals surface area contributed by atoms with Gasteiger partial charge in [-0.1, -0.05) is 6.92 Å². The van der Waals surface area contributed by atoms with Gasteiger partial charge in [-0.25, -0.2) is 0 Å². The molecule has 1 saturated heterocycles. The number of likely N-dealkylation sites (N-methyl/N-ethyl adjacent to an activating group) is 1. The number of nitrogens with one attached hydrogen (secondary N) is 2. The van der Waals surface area contributed by atoms with Crippen molar-refractivity contribution in [3.8, 4) is 0 Å². The summed E-state index contributed by atoms with van der Waals surface area (Å²) < 4.78 is 0. The van der Waals surface area contributed by atoms with Crippen molar-refractivity contribution in [3.05, 3.63) is 18.0 Å². The van der Waals surface area contributed by atoms with Crippen LogP contribution in [0.5, 0.6) is 0 Å². The SMILES string of the molecule is CCC1(C(=O)N(C)Cc2cn[nH]c2)CCCN1. The number of carbonyl (C=O) groups is 1. The lowest BCUT2D eigenvalue weighted by Gasteiger charge is -2.31. The van der Waals surface area contributed by atoms with Crippen LogP contribution in [0.3, 0.4) is 0 Å². The van der Waals surface area contributed by atoms with E-state index in [0.29, 0.717) is 6.54 Å². The minimum atomic E-state index is -0.335. The zero-order valence-electron chi connectivity index (χ0n) is 10.5. The van der Waals surface area contributed by atoms with Gasteiger partial charge in [0.05, 0.1) is 11.7 Å². The smallest absolute Gasteiger partial charge is 0.242 e. The van der Waals surface area contributed by atoms with Gasteiger partial charge in [0.25, 0.3) is 0 Å². The van der Waals surface area contributed by atoms with Gasteiger partial charge < -0.3 is 10.2 Å². The molecule has 5 heteroatoms. The molecule has 1 aromatic rings. The minimum absolute atomic E-state index is 0.193. The average molecular weight is 236 g/mol. The molecule has 1 unspecified atom stereocenters. The highest BCUT2D eigenvalue weighted by Crippen LogP contribution is 2.25. The maximum atomic E-state index is 12.5. The number of H-pyrrole nitrogens is 1. The molecule has 1 atom stereocenters. The van der Waals surface area contributed by atoms with E-state index in [1.165, 1.54) is 0 Å². The molecule has 0 bridgehead atoms. The Morgan fingerprint density at radius 2 is 2.47 bits per heavy atom. The minimum Gasteiger partial charge on any atom is -0.340 e. The fourth-order valence-corrected chi connectivity index (χ4v) is 2.52. The van der Waals surface area contributed by atoms with E-state index in [1.807, 2.05) is 13.2 Å². The molecule has 0 spiro atoms. The Hall–Kier alpha value is -1.36. The van der Waals surface area contributed by atoms with Crippen molar-refractivity contribution in [3.63, 3.8) is 0 Å². The third kappa shape index (κ3) is 2.34. The van der Waals surface area contributed by atoms with E-state index in [0.717, 1.165) is 31.4 Å². The summed E-state index contributed by atoms with van der Waals surface area (Å²) in [4.78, 5) is 14.2. The Balaban J connectivity index is 2.03. The quantitative estimate of drug-likeness (QED) is 0.816. The van der Waals surface area contributed by atoms with Gasteiger partial charge in [0.15, 0.2) is 0 Å². The third-order valence-electron chi connectivity index (χ3n) is 3.58. The predicted molar refractivity (Wildman–Crippen MR) is 65.3 cm³/mol. The highest BCUT2D eigenvalue weighted by Gasteiger charge is 2.40. The maximum absolute atomic E-state index is 12.5. The Bertz CT molecular complexity index is 368. The molecule has 1 aliphatic heterocycles. The number of hydrogen-bond donors (Lipinski definition) is 2. The number of carbonyl (C=O) groups excluding carboxylic acids is 1. The van der Waals surface area contributed by atoms with Crippen molar-refractivity contribution >= 4 is 5.91 Å². The van der Waals surface area contributed by atoms with Crippen LogP contribution in [0.1, 0.15) is 31.7 Å². The van der Waals surface area contributed by atoms with Crippen LogP contribution in [-0.2, 0) is 11.3 Å². The number of nitrogens with zero attached hydrogens (tertiary/aromatic N) is 2. The van der Waals surface area contributed by atoms with Crippen LogP contribution in [0.15, 0.2) is 12.4 Å². The average Bonchev–Trinajstić information content (AvgIpc) is 2.99. The molecule has 2 heterocycles. The summed E-state index contributed by atoms with van der Waals surface area (Å²) in [6, 6.07) is 0. The molecule has 94 valence electrons. The summed E-state index contributed by atoms with van der Waals surface area (Å²) in [6.07, 6.45) is 6.45. The molecule has 2 rings (SSSR count). The molecule has 0 radical (unpaired) electrons. The van der Waals surface area contributed by atoms with E-state index in [-0.39, 0.29) is 11.4 Å². The second kappa shape index (κ2) is 4.87. The second-order valence-corrected chi connectivity index (χ2v) is 4.73. The topological polar surface area (TPSA) is 61.0 Å². The largest absolute Gasteiger partial charge is 0.340 e. The first kappa shape index (κ1) is 12.1. The summed E-state index contributed by atoms with van der Waals surface area (Å²) in [5.41, 5.74) is 0.698. The van der Waals surface area contributed by atoms with Crippen LogP contribution < -0.4 is 5.32 Å². The van der Waals surface area contributed by atoms with Gasteiger partial charge >= 0.3 is 0 Å². The van der Waals surface area contributed by atoms with Crippen LogP contribution in [0, 0.1) is 0 Å². The lowest BCUT2D eigenvalue weighted by atomic mass is 9.92. The first-order valence-electron chi connectivity index (χ1n) is 6.16. The molecule has 17 heavy (non-hydrogen) atoms. The van der Waals surface area contributed by atoms with Crippen molar-refractivity contribution in [2.24, 2.45) is 0 Å². The van der Waals surface area contributed by atoms with E-state index in [9.17, 15) is 4.79 Å². The molecule has 0 aliphatic carbocycles. The summed E-state index contributed by atoms with van der Waals surface area (Å²) >= 11 is 0. The summed E-state index contributed by atoms with van der Waals surface area (Å²) in [5.74, 6) is 0.193. The molecule has 5 nitrogen and oxygen atoms in total. The molecule has 1 aromatic heterocycles. The number of rotatable bonds is 4. The molecule has 1 amide bonds. The summed E-state index contributed by atoms with van der Waals surface area (Å²) in [6.45, 7) is 3.62. The van der Waals surface area contributed by atoms with Gasteiger partial charge in [0.1, 0.15) is 0 Å². The van der Waals surface area contributed by atoms with Gasteiger partial charge in [-0.15, -0.1) is 0 Å². The van der Waals surface area contributed by atoms with Gasteiger partial charge in [0, 0.05) is 25.4 Å². The lowest BCUT2D eigenvalue weighted by Crippen LogP contribution is -2.53. The zero-order chi connectivity index (χ0) is 12.3. The molecule has 1 aliphatic rings. The van der Waals surface area contributed by atoms with Gasteiger partial charge in [-0.05, 0) is 25.8 Å². The normalized spacial score (nSPS) is 23.9. The fourth-order valence-electron chi connectivity index (χ4n) is 2.52. The molecular weight excluding hydrogens is 216 g/mol. The Kier molecular flexibility index (Phi) is 3.47. The maximum Gasteiger partial charge on any atom is 0.242 e. The Morgan fingerprint density at radius 3 is 3.00 bits per heavy atom. The van der Waals surface area contributed by atoms with Crippen LogP contribution >= 0.6 is 0 Å². The van der Waals surface area contributed by atoms with Crippen molar-refractivity contribution in [2.45, 2.75) is 38.3 Å². The van der Waals surface area contributed by atoms with Gasteiger partial charge in [-0.2, -0.15) is 5.10 Å². The van der Waals surface area contributed by atoms with Crippen LogP contribution in [0.25, 0.3) is 0 Å². The standard InChI is InChI=1S/C12H20N4O/c1-3-12(5-4-6-13-12)11(17)16(2)9-10-7-14-15-8-10/h7-8,13H,3-6,9H2,1-2H3,(H,14,15). The molecule has 2 N–H and O–H groups in total. The van der Waals surface area contributed by atoms with Crippen molar-refractivity contribution in [2.75, 3.05) is 13.6 Å². The lowest BCUT2D eigenvalue weighted by molar-refractivity contribution is -0.137. The second-order valence-electron chi connectivity index (χ2n) is 4.73. The molecule has 0 aromatic carbocycles. The third-order valence-corrected chi connectivity index (χ3v) is 3.58. The van der Waals surface area contributed by atoms with Crippen LogP contribution in [0.4, 0.5) is 0 Å². The Morgan fingerprint density at radius 1 is 1.65 bits per heavy atom. The number of hydrogen-bond acceptors (Lipinski definition) is 3. The van der Waals surface area contributed by atoms with Gasteiger partial charge in [0.2, 0.25) is 5.91 Å². The molecule has 1 fully saturated rings. The zero-order valence-corrected chi connectivity index (χ0v) is 10.5. The fraction of sp³-hybridized carbons (Fsp3) is 0.667. The Labute approximate surface area is 102 Å². The highest BCUT2D eigenvalue weighted by molar-refractivity contribution is 5.86. The number of amides is 1. The number of aromatic nitrogens is 2. The van der Waals surface area contributed by atoms with Crippen molar-refractivity contribution < 1.29 is 4.79 Å². The van der Waals surface area contributed by atoms with E-state index >= 15 is 0 Å². The van der Waals surface area contributed by atoms with E-state index in [4.69, 9.17) is 0 Å². The summed E-state index contributed by atoms with van der Waals surface area (Å²) in [5, 5.41) is 10.0. The van der Waals surface area contributed by atoms with Crippen molar-refractivity contribution in [1.29, 1.82) is 0 Å². The number of aromatic amines is 1. The first-order chi connectivity index (χ1) is 8.18. The summed E-state index contributed by atoms with van der Waals surface area (Å²) in [7, 11) is 1.85. The van der Waals surface area contributed by atoms with Crippen LogP contribution in [-0.4, -0.2) is 40.1 Å². The highest BCUT2D eigenvalue weighted by atomic mass is 16.2. The van der Waals surface area contributed by atoms with E-state index in [1.54, 1.807) is 11.1 Å². The molecular formula is C12H20N4O. The first-order valence-corrected chi connectivity index (χ1v) is 6.16. The van der Waals surface area contributed by atoms with E-state index in [2.05, 4.69) is 22.4 Å². The molecule has 0 saturated carbocycles. The van der Waals surface area contributed by atoms with E-state index < -0.39 is 0 Å². The van der Waals surface area contributed by atoms with Gasteiger partial charge in [-0.3, -0.25) is 9.89 Å². The van der Waals surface area contributed by atoms with Crippen LogP contribution in [0.2, 0.25) is 0 Å².